The molecule has 84 valence electrons. The van der Waals surface area contributed by atoms with E-state index in [9.17, 15) is 0 Å². The van der Waals surface area contributed by atoms with Crippen LogP contribution in [0.25, 0.3) is 0 Å². The van der Waals surface area contributed by atoms with Gasteiger partial charge in [0.25, 0.3) is 0 Å². The molecule has 0 radical (unpaired) electrons. The molecule has 1 aromatic heterocycles. The van der Waals surface area contributed by atoms with E-state index in [0.717, 1.165) is 5.69 Å². The Balaban J connectivity index is 2.25. The minimum atomic E-state index is 0.457. The standard InChI is InChI=1S/C12H14N2OS/c1-15-12-10(8-13)2-3-11(14-12)9-4-6-16-7-5-9/h2-3,9H,4-7H2,1H3. The van der Waals surface area contributed by atoms with Gasteiger partial charge in [-0.15, -0.1) is 0 Å². The number of aromatic nitrogens is 1. The number of pyridine rings is 1. The zero-order valence-electron chi connectivity index (χ0n) is 9.27. The van der Waals surface area contributed by atoms with Crippen molar-refractivity contribution in [3.8, 4) is 11.9 Å². The van der Waals surface area contributed by atoms with Crippen LogP contribution < -0.4 is 4.74 Å². The molecular formula is C12H14N2OS. The Labute approximate surface area is 99.8 Å². The number of hydrogen-bond acceptors (Lipinski definition) is 4. The van der Waals surface area contributed by atoms with Crippen molar-refractivity contribution in [1.82, 2.24) is 4.98 Å². The SMILES string of the molecule is COc1nc(C2CCSCC2)ccc1C#N. The number of nitriles is 1. The summed E-state index contributed by atoms with van der Waals surface area (Å²) in [5.41, 5.74) is 1.58. The second kappa shape index (κ2) is 5.22. The van der Waals surface area contributed by atoms with Gasteiger partial charge in [-0.1, -0.05) is 0 Å². The fourth-order valence-electron chi connectivity index (χ4n) is 1.92. The van der Waals surface area contributed by atoms with Crippen molar-refractivity contribution in [2.45, 2.75) is 18.8 Å². The highest BCUT2D eigenvalue weighted by molar-refractivity contribution is 7.99. The summed E-state index contributed by atoms with van der Waals surface area (Å²) in [6.45, 7) is 0. The van der Waals surface area contributed by atoms with Gasteiger partial charge >= 0.3 is 0 Å². The van der Waals surface area contributed by atoms with Crippen molar-refractivity contribution in [3.05, 3.63) is 23.4 Å². The maximum atomic E-state index is 8.88. The molecule has 1 aliphatic heterocycles. The third-order valence-electron chi connectivity index (χ3n) is 2.84. The molecule has 0 N–H and O–H groups in total. The van der Waals surface area contributed by atoms with Crippen molar-refractivity contribution in [2.75, 3.05) is 18.6 Å². The van der Waals surface area contributed by atoms with Crippen LogP contribution in [-0.4, -0.2) is 23.6 Å². The van der Waals surface area contributed by atoms with Crippen LogP contribution in [0.2, 0.25) is 0 Å². The third kappa shape index (κ3) is 2.30. The zero-order valence-corrected chi connectivity index (χ0v) is 10.1. The summed E-state index contributed by atoms with van der Waals surface area (Å²) in [6, 6.07) is 5.85. The van der Waals surface area contributed by atoms with Crippen LogP contribution in [0.3, 0.4) is 0 Å². The van der Waals surface area contributed by atoms with Crippen molar-refractivity contribution in [3.63, 3.8) is 0 Å². The predicted octanol–water partition coefficient (Wildman–Crippen LogP) is 2.57. The van der Waals surface area contributed by atoms with E-state index in [4.69, 9.17) is 10.00 Å². The van der Waals surface area contributed by atoms with E-state index in [0.29, 0.717) is 17.4 Å². The largest absolute Gasteiger partial charge is 0.480 e. The van der Waals surface area contributed by atoms with E-state index in [1.54, 1.807) is 7.11 Å². The monoisotopic (exact) mass is 234 g/mol. The maximum Gasteiger partial charge on any atom is 0.231 e. The molecule has 1 saturated heterocycles. The number of hydrogen-bond donors (Lipinski definition) is 0. The molecule has 3 nitrogen and oxygen atoms in total. The Morgan fingerprint density at radius 1 is 1.44 bits per heavy atom. The van der Waals surface area contributed by atoms with Crippen LogP contribution in [0.5, 0.6) is 5.88 Å². The normalized spacial score (nSPS) is 16.8. The second-order valence-electron chi connectivity index (χ2n) is 3.79. The molecule has 1 aliphatic rings. The molecule has 2 heterocycles. The summed E-state index contributed by atoms with van der Waals surface area (Å²) in [6.07, 6.45) is 2.35. The first-order valence-corrected chi connectivity index (χ1v) is 6.53. The first-order valence-electron chi connectivity index (χ1n) is 5.38. The molecule has 4 heteroatoms. The maximum absolute atomic E-state index is 8.88. The lowest BCUT2D eigenvalue weighted by atomic mass is 9.98. The van der Waals surface area contributed by atoms with Crippen LogP contribution in [-0.2, 0) is 0 Å². The summed E-state index contributed by atoms with van der Waals surface area (Å²) >= 11 is 2.00. The van der Waals surface area contributed by atoms with E-state index in [2.05, 4.69) is 11.1 Å². The lowest BCUT2D eigenvalue weighted by Crippen LogP contribution is -2.10. The van der Waals surface area contributed by atoms with E-state index >= 15 is 0 Å². The first-order chi connectivity index (χ1) is 7.85. The summed E-state index contributed by atoms with van der Waals surface area (Å²) in [7, 11) is 1.56. The topological polar surface area (TPSA) is 45.9 Å². The van der Waals surface area contributed by atoms with Gasteiger partial charge in [0, 0.05) is 11.6 Å². The van der Waals surface area contributed by atoms with Gasteiger partial charge < -0.3 is 4.74 Å². The molecule has 0 aliphatic carbocycles. The highest BCUT2D eigenvalue weighted by Crippen LogP contribution is 2.31. The Morgan fingerprint density at radius 3 is 2.81 bits per heavy atom. The fraction of sp³-hybridized carbons (Fsp3) is 0.500. The Bertz CT molecular complexity index is 408. The van der Waals surface area contributed by atoms with Crippen molar-refractivity contribution < 1.29 is 4.74 Å². The lowest BCUT2D eigenvalue weighted by molar-refractivity contribution is 0.393. The highest BCUT2D eigenvalue weighted by atomic mass is 32.2. The van der Waals surface area contributed by atoms with Crippen LogP contribution in [0.15, 0.2) is 12.1 Å². The molecule has 0 atom stereocenters. The minimum absolute atomic E-state index is 0.457. The van der Waals surface area contributed by atoms with Crippen LogP contribution in [0, 0.1) is 11.3 Å². The van der Waals surface area contributed by atoms with E-state index < -0.39 is 0 Å². The number of ether oxygens (including phenoxy) is 1. The van der Waals surface area contributed by atoms with Gasteiger partial charge in [-0.25, -0.2) is 4.98 Å². The van der Waals surface area contributed by atoms with Gasteiger partial charge in [0.05, 0.1) is 7.11 Å². The average molecular weight is 234 g/mol. The minimum Gasteiger partial charge on any atom is -0.480 e. The third-order valence-corrected chi connectivity index (χ3v) is 3.88. The van der Waals surface area contributed by atoms with Gasteiger partial charge in [0.15, 0.2) is 0 Å². The van der Waals surface area contributed by atoms with E-state index in [1.807, 2.05) is 23.9 Å². The summed E-state index contributed by atoms with van der Waals surface area (Å²) in [5.74, 6) is 3.39. The zero-order chi connectivity index (χ0) is 11.4. The molecular weight excluding hydrogens is 220 g/mol. The van der Waals surface area contributed by atoms with Crippen LogP contribution in [0.4, 0.5) is 0 Å². The fourth-order valence-corrected chi connectivity index (χ4v) is 3.02. The molecule has 0 saturated carbocycles. The molecule has 0 spiro atoms. The average Bonchev–Trinajstić information content (AvgIpc) is 2.39. The number of thioether (sulfide) groups is 1. The molecule has 1 fully saturated rings. The van der Waals surface area contributed by atoms with Gasteiger partial charge in [-0.05, 0) is 36.5 Å². The number of nitrogens with zero attached hydrogens (tertiary/aromatic N) is 2. The van der Waals surface area contributed by atoms with Crippen molar-refractivity contribution >= 4 is 11.8 Å². The summed E-state index contributed by atoms with van der Waals surface area (Å²) < 4.78 is 5.13. The van der Waals surface area contributed by atoms with Crippen molar-refractivity contribution in [1.29, 1.82) is 5.26 Å². The second-order valence-corrected chi connectivity index (χ2v) is 5.02. The Kier molecular flexibility index (Phi) is 3.68. The molecule has 16 heavy (non-hydrogen) atoms. The smallest absolute Gasteiger partial charge is 0.231 e. The van der Waals surface area contributed by atoms with Gasteiger partial charge in [0.2, 0.25) is 5.88 Å². The van der Waals surface area contributed by atoms with Crippen LogP contribution in [0.1, 0.15) is 30.0 Å². The summed E-state index contributed by atoms with van der Waals surface area (Å²) in [5, 5.41) is 8.88. The Hall–Kier alpha value is -1.21. The lowest BCUT2D eigenvalue weighted by Gasteiger charge is -2.21. The number of rotatable bonds is 2. The van der Waals surface area contributed by atoms with E-state index in [1.165, 1.54) is 24.3 Å². The predicted molar refractivity (Wildman–Crippen MR) is 64.8 cm³/mol. The molecule has 2 rings (SSSR count). The molecule has 0 aromatic carbocycles. The summed E-state index contributed by atoms with van der Waals surface area (Å²) in [4.78, 5) is 4.43. The first kappa shape index (κ1) is 11.3. The van der Waals surface area contributed by atoms with Gasteiger partial charge in [-0.2, -0.15) is 17.0 Å². The van der Waals surface area contributed by atoms with Gasteiger partial charge in [0.1, 0.15) is 11.6 Å². The van der Waals surface area contributed by atoms with Gasteiger partial charge in [-0.3, -0.25) is 0 Å². The molecule has 1 aromatic rings. The Morgan fingerprint density at radius 2 is 2.19 bits per heavy atom. The van der Waals surface area contributed by atoms with Crippen LogP contribution >= 0.6 is 11.8 Å². The number of methoxy groups -OCH3 is 1. The molecule has 0 unspecified atom stereocenters. The molecule has 0 bridgehead atoms. The quantitative estimate of drug-likeness (QED) is 0.789. The van der Waals surface area contributed by atoms with Crippen molar-refractivity contribution in [2.24, 2.45) is 0 Å². The van der Waals surface area contributed by atoms with E-state index in [-0.39, 0.29) is 0 Å². The molecule has 0 amide bonds. The highest BCUT2D eigenvalue weighted by Gasteiger charge is 2.18.